The van der Waals surface area contributed by atoms with E-state index in [4.69, 9.17) is 23.7 Å². The van der Waals surface area contributed by atoms with Crippen LogP contribution in [-0.4, -0.2) is 26.2 Å². The molecule has 0 unspecified atom stereocenters. The highest BCUT2D eigenvalue weighted by atomic mass is 32.1. The van der Waals surface area contributed by atoms with Crippen molar-refractivity contribution in [3.63, 3.8) is 0 Å². The predicted molar refractivity (Wildman–Crippen MR) is 149 cm³/mol. The van der Waals surface area contributed by atoms with Gasteiger partial charge in [-0.2, -0.15) is 0 Å². The Kier molecular flexibility index (Phi) is 6.57. The monoisotopic (exact) mass is 510 g/mol. The molecule has 5 aromatic rings. The number of thiocarbonyl (C=S) groups is 1. The van der Waals surface area contributed by atoms with Crippen LogP contribution in [0.2, 0.25) is 0 Å². The number of carbonyl (C=O) groups excluding carboxylic acids is 1. The Morgan fingerprint density at radius 1 is 0.889 bits per heavy atom. The molecule has 2 aromatic heterocycles. The van der Waals surface area contributed by atoms with Crippen molar-refractivity contribution in [1.82, 2.24) is 20.6 Å². The van der Waals surface area contributed by atoms with E-state index in [0.29, 0.717) is 33.0 Å². The SMILES string of the molecule is NC(=S)N(Cc1ccccc1)NC(=O)c1sc2nnc(-c3ccccc3)c(-c3ccccc3)c2c1N. The Bertz CT molecular complexity index is 1540. The van der Waals surface area contributed by atoms with Crippen molar-refractivity contribution in [2.75, 3.05) is 5.73 Å². The number of anilines is 1. The van der Waals surface area contributed by atoms with Crippen LogP contribution in [0.5, 0.6) is 0 Å². The summed E-state index contributed by atoms with van der Waals surface area (Å²) in [5.74, 6) is -0.417. The summed E-state index contributed by atoms with van der Waals surface area (Å²) in [6.07, 6.45) is 0. The van der Waals surface area contributed by atoms with Gasteiger partial charge in [0.05, 0.1) is 12.2 Å². The maximum absolute atomic E-state index is 13.4. The first-order valence-corrected chi connectivity index (χ1v) is 12.4. The van der Waals surface area contributed by atoms with E-state index in [1.807, 2.05) is 91.0 Å². The molecule has 3 aromatic carbocycles. The highest BCUT2D eigenvalue weighted by Crippen LogP contribution is 2.42. The van der Waals surface area contributed by atoms with Crippen molar-refractivity contribution in [2.45, 2.75) is 6.54 Å². The molecule has 9 heteroatoms. The second kappa shape index (κ2) is 10.1. The van der Waals surface area contributed by atoms with Crippen LogP contribution in [0, 0.1) is 0 Å². The van der Waals surface area contributed by atoms with Gasteiger partial charge in [0.25, 0.3) is 5.91 Å². The lowest BCUT2D eigenvalue weighted by atomic mass is 9.96. The summed E-state index contributed by atoms with van der Waals surface area (Å²) in [6, 6.07) is 29.2. The first kappa shape index (κ1) is 23.4. The fraction of sp³-hybridized carbons (Fsp3) is 0.0370. The zero-order chi connectivity index (χ0) is 25.1. The van der Waals surface area contributed by atoms with Crippen LogP contribution in [0.1, 0.15) is 15.2 Å². The van der Waals surface area contributed by atoms with Crippen LogP contribution in [0.4, 0.5) is 5.69 Å². The third-order valence-electron chi connectivity index (χ3n) is 5.66. The van der Waals surface area contributed by atoms with Gasteiger partial charge in [-0.05, 0) is 23.3 Å². The molecule has 0 aliphatic heterocycles. The summed E-state index contributed by atoms with van der Waals surface area (Å²) >= 11 is 6.36. The Morgan fingerprint density at radius 3 is 2.08 bits per heavy atom. The van der Waals surface area contributed by atoms with E-state index in [2.05, 4.69) is 15.6 Å². The van der Waals surface area contributed by atoms with Crippen LogP contribution in [0.25, 0.3) is 32.6 Å². The average molecular weight is 511 g/mol. The Hall–Kier alpha value is -4.34. The Balaban J connectivity index is 1.58. The number of benzene rings is 3. The van der Waals surface area contributed by atoms with E-state index in [9.17, 15) is 4.79 Å². The van der Waals surface area contributed by atoms with E-state index in [-0.39, 0.29) is 5.11 Å². The van der Waals surface area contributed by atoms with Gasteiger partial charge in [0.1, 0.15) is 15.4 Å². The fourth-order valence-corrected chi connectivity index (χ4v) is 5.02. The quantitative estimate of drug-likeness (QED) is 0.225. The molecule has 2 heterocycles. The number of aromatic nitrogens is 2. The van der Waals surface area contributed by atoms with Crippen LogP contribution in [0.15, 0.2) is 91.0 Å². The number of rotatable bonds is 5. The molecule has 0 spiro atoms. The predicted octanol–water partition coefficient (Wildman–Crippen LogP) is 5.00. The molecule has 0 aliphatic carbocycles. The van der Waals surface area contributed by atoms with E-state index in [1.165, 1.54) is 16.3 Å². The van der Waals surface area contributed by atoms with E-state index >= 15 is 0 Å². The maximum Gasteiger partial charge on any atom is 0.282 e. The minimum absolute atomic E-state index is 0.0445. The van der Waals surface area contributed by atoms with Gasteiger partial charge < -0.3 is 11.5 Å². The molecule has 5 N–H and O–H groups in total. The molecule has 0 saturated carbocycles. The summed E-state index contributed by atoms with van der Waals surface area (Å²) in [5.41, 5.74) is 20.0. The Morgan fingerprint density at radius 2 is 1.47 bits per heavy atom. The van der Waals surface area contributed by atoms with Gasteiger partial charge in [-0.3, -0.25) is 15.2 Å². The molecule has 36 heavy (non-hydrogen) atoms. The minimum Gasteiger partial charge on any atom is -0.397 e. The number of carbonyl (C=O) groups is 1. The molecule has 5 rings (SSSR count). The molecule has 178 valence electrons. The number of hydrogen-bond donors (Lipinski definition) is 3. The molecule has 0 radical (unpaired) electrons. The molecule has 7 nitrogen and oxygen atoms in total. The normalized spacial score (nSPS) is 10.8. The van der Waals surface area contributed by atoms with E-state index < -0.39 is 5.91 Å². The number of thiophene rings is 1. The summed E-state index contributed by atoms with van der Waals surface area (Å²) < 4.78 is 0. The van der Waals surface area contributed by atoms with E-state index in [1.54, 1.807) is 0 Å². The molecule has 1 amide bonds. The summed E-state index contributed by atoms with van der Waals surface area (Å²) in [4.78, 5) is 14.2. The second-order valence-corrected chi connectivity index (χ2v) is 9.45. The first-order valence-electron chi connectivity index (χ1n) is 11.1. The Labute approximate surface area is 217 Å². The van der Waals surface area contributed by atoms with Gasteiger partial charge in [0.2, 0.25) is 0 Å². The third-order valence-corrected chi connectivity index (χ3v) is 6.97. The summed E-state index contributed by atoms with van der Waals surface area (Å²) in [6.45, 7) is 0.319. The minimum atomic E-state index is -0.417. The molecule has 0 aliphatic rings. The number of amides is 1. The lowest BCUT2D eigenvalue weighted by Gasteiger charge is -2.23. The van der Waals surface area contributed by atoms with Crippen molar-refractivity contribution < 1.29 is 4.79 Å². The lowest BCUT2D eigenvalue weighted by molar-refractivity contribution is 0.0871. The van der Waals surface area contributed by atoms with Crippen molar-refractivity contribution >= 4 is 50.5 Å². The average Bonchev–Trinajstić information content (AvgIpc) is 3.26. The van der Waals surface area contributed by atoms with Crippen LogP contribution in [0.3, 0.4) is 0 Å². The van der Waals surface area contributed by atoms with Gasteiger partial charge in [-0.1, -0.05) is 91.0 Å². The number of hydrogen-bond acceptors (Lipinski definition) is 6. The largest absolute Gasteiger partial charge is 0.397 e. The molecule has 0 bridgehead atoms. The molecule has 0 saturated heterocycles. The highest BCUT2D eigenvalue weighted by Gasteiger charge is 2.25. The van der Waals surface area contributed by atoms with Gasteiger partial charge >= 0.3 is 0 Å². The number of nitrogens with one attached hydrogen (secondary N) is 1. The topological polar surface area (TPSA) is 110 Å². The number of nitrogens with two attached hydrogens (primary N) is 2. The molecule has 0 fully saturated rings. The third kappa shape index (κ3) is 4.61. The fourth-order valence-electron chi connectivity index (χ4n) is 3.97. The van der Waals surface area contributed by atoms with Gasteiger partial charge in [0, 0.05) is 16.5 Å². The number of nitrogens with zero attached hydrogens (tertiary/aromatic N) is 3. The van der Waals surface area contributed by atoms with Gasteiger partial charge in [-0.15, -0.1) is 21.5 Å². The maximum atomic E-state index is 13.4. The zero-order valence-corrected chi connectivity index (χ0v) is 20.7. The van der Waals surface area contributed by atoms with Crippen molar-refractivity contribution in [2.24, 2.45) is 5.73 Å². The van der Waals surface area contributed by atoms with Gasteiger partial charge in [-0.25, -0.2) is 0 Å². The van der Waals surface area contributed by atoms with Crippen molar-refractivity contribution in [1.29, 1.82) is 0 Å². The van der Waals surface area contributed by atoms with Crippen LogP contribution >= 0.6 is 23.6 Å². The first-order chi connectivity index (χ1) is 17.5. The molecule has 0 atom stereocenters. The van der Waals surface area contributed by atoms with E-state index in [0.717, 1.165) is 22.3 Å². The summed E-state index contributed by atoms with van der Waals surface area (Å²) in [5, 5.41) is 11.1. The number of hydrazine groups is 1. The lowest BCUT2D eigenvalue weighted by Crippen LogP contribution is -2.48. The smallest absolute Gasteiger partial charge is 0.282 e. The van der Waals surface area contributed by atoms with Crippen LogP contribution in [-0.2, 0) is 6.54 Å². The van der Waals surface area contributed by atoms with Crippen LogP contribution < -0.4 is 16.9 Å². The zero-order valence-electron chi connectivity index (χ0n) is 19.1. The number of nitrogen functional groups attached to an aromatic ring is 1. The second-order valence-electron chi connectivity index (χ2n) is 8.03. The van der Waals surface area contributed by atoms with Gasteiger partial charge in [0.15, 0.2) is 5.11 Å². The standard InChI is InChI=1S/C27H22N6OS2/c28-22-21-20(18-12-6-2-7-13-18)23(19-14-8-3-9-15-19)30-31-26(21)36-24(22)25(34)32-33(27(29)35)16-17-10-4-1-5-11-17/h1-15H,16,28H2,(H2,29,35)(H,32,34). The van der Waals surface area contributed by atoms with Crippen molar-refractivity contribution in [3.8, 4) is 22.4 Å². The molecular weight excluding hydrogens is 488 g/mol. The summed E-state index contributed by atoms with van der Waals surface area (Å²) in [7, 11) is 0. The molecular formula is C27H22N6OS2. The highest BCUT2D eigenvalue weighted by molar-refractivity contribution is 7.80. The number of fused-ring (bicyclic) bond motifs is 1. The van der Waals surface area contributed by atoms with Crippen molar-refractivity contribution in [3.05, 3.63) is 101 Å².